The van der Waals surface area contributed by atoms with E-state index in [0.717, 1.165) is 0 Å². The molecule has 1 heterocycles. The molecule has 0 saturated carbocycles. The highest BCUT2D eigenvalue weighted by Crippen LogP contribution is 2.05. The third-order valence-electron chi connectivity index (χ3n) is 1.26. The third kappa shape index (κ3) is 1.14. The summed E-state index contributed by atoms with van der Waals surface area (Å²) in [5.41, 5.74) is 1.38. The van der Waals surface area contributed by atoms with E-state index in [1.807, 2.05) is 0 Å². The molecule has 0 bridgehead atoms. The first-order valence-corrected chi connectivity index (χ1v) is 3.08. The largest absolute Gasteiger partial charge is 0.398 e. The Bertz CT molecular complexity index is 277. The van der Waals surface area contributed by atoms with Gasteiger partial charge in [-0.15, -0.1) is 5.10 Å². The van der Waals surface area contributed by atoms with E-state index >= 15 is 0 Å². The molecule has 4 nitrogen and oxygen atoms in total. The summed E-state index contributed by atoms with van der Waals surface area (Å²) in [5.74, 6) is 0. The SMILES string of the molecule is C=Cc1nnn(OC)c1C=C. The fourth-order valence-corrected chi connectivity index (χ4v) is 0.749. The minimum atomic E-state index is 0.668. The predicted octanol–water partition coefficient (Wildman–Crippen LogP) is 0.622. The minimum absolute atomic E-state index is 0.668. The molecule has 1 aromatic heterocycles. The van der Waals surface area contributed by atoms with Gasteiger partial charge in [0.2, 0.25) is 0 Å². The van der Waals surface area contributed by atoms with Crippen molar-refractivity contribution in [3.05, 3.63) is 24.5 Å². The Morgan fingerprint density at radius 1 is 1.45 bits per heavy atom. The number of hydrogen-bond acceptors (Lipinski definition) is 3. The molecule has 0 fully saturated rings. The summed E-state index contributed by atoms with van der Waals surface area (Å²) in [6.45, 7) is 7.16. The van der Waals surface area contributed by atoms with Gasteiger partial charge in [-0.1, -0.05) is 18.0 Å². The molecule has 0 saturated heterocycles. The molecule has 1 aromatic rings. The molecule has 0 aliphatic heterocycles. The lowest BCUT2D eigenvalue weighted by molar-refractivity contribution is 0.127. The zero-order valence-corrected chi connectivity index (χ0v) is 6.32. The lowest BCUT2D eigenvalue weighted by Gasteiger charge is -1.97. The maximum atomic E-state index is 4.84. The van der Waals surface area contributed by atoms with E-state index < -0.39 is 0 Å². The Morgan fingerprint density at radius 3 is 2.64 bits per heavy atom. The van der Waals surface area contributed by atoms with E-state index in [-0.39, 0.29) is 0 Å². The molecule has 1 rings (SSSR count). The van der Waals surface area contributed by atoms with Crippen molar-refractivity contribution in [3.8, 4) is 0 Å². The third-order valence-corrected chi connectivity index (χ3v) is 1.26. The van der Waals surface area contributed by atoms with Gasteiger partial charge >= 0.3 is 0 Å². The lowest BCUT2D eigenvalue weighted by Crippen LogP contribution is -2.09. The molecule has 0 spiro atoms. The van der Waals surface area contributed by atoms with Crippen molar-refractivity contribution in [1.29, 1.82) is 0 Å². The highest BCUT2D eigenvalue weighted by molar-refractivity contribution is 5.56. The Kier molecular flexibility index (Phi) is 2.06. The first-order chi connectivity index (χ1) is 5.33. The van der Waals surface area contributed by atoms with Crippen LogP contribution in [0.25, 0.3) is 12.2 Å². The Labute approximate surface area is 64.7 Å². The molecule has 0 atom stereocenters. The summed E-state index contributed by atoms with van der Waals surface area (Å²) in [6, 6.07) is 0. The number of rotatable bonds is 3. The molecule has 0 aromatic carbocycles. The van der Waals surface area contributed by atoms with Gasteiger partial charge in [-0.25, -0.2) is 0 Å². The molecule has 58 valence electrons. The summed E-state index contributed by atoms with van der Waals surface area (Å²) in [5, 5.41) is 7.45. The topological polar surface area (TPSA) is 39.9 Å². The van der Waals surface area contributed by atoms with Crippen molar-refractivity contribution in [2.24, 2.45) is 0 Å². The van der Waals surface area contributed by atoms with Gasteiger partial charge in [-0.05, 0) is 17.4 Å². The number of hydrogen-bond donors (Lipinski definition) is 0. The van der Waals surface area contributed by atoms with Crippen molar-refractivity contribution >= 4 is 12.2 Å². The van der Waals surface area contributed by atoms with Crippen LogP contribution in [0.5, 0.6) is 0 Å². The quantitative estimate of drug-likeness (QED) is 0.635. The van der Waals surface area contributed by atoms with Crippen molar-refractivity contribution in [2.75, 3.05) is 7.11 Å². The van der Waals surface area contributed by atoms with E-state index in [0.29, 0.717) is 11.4 Å². The average Bonchev–Trinajstić information content (AvgIpc) is 2.45. The van der Waals surface area contributed by atoms with E-state index in [2.05, 4.69) is 23.5 Å². The Hall–Kier alpha value is -1.58. The van der Waals surface area contributed by atoms with Crippen LogP contribution >= 0.6 is 0 Å². The van der Waals surface area contributed by atoms with Crippen LogP contribution in [0.3, 0.4) is 0 Å². The van der Waals surface area contributed by atoms with Crippen molar-refractivity contribution in [2.45, 2.75) is 0 Å². The predicted molar refractivity (Wildman–Crippen MR) is 42.7 cm³/mol. The van der Waals surface area contributed by atoms with Gasteiger partial charge in [0.1, 0.15) is 18.5 Å². The smallest absolute Gasteiger partial charge is 0.130 e. The van der Waals surface area contributed by atoms with Gasteiger partial charge < -0.3 is 4.84 Å². The standard InChI is InChI=1S/C7H9N3O/c1-4-6-7(5-2)10(11-3)9-8-6/h4-5H,1-2H2,3H3. The fourth-order valence-electron chi connectivity index (χ4n) is 0.749. The molecule has 0 radical (unpaired) electrons. The van der Waals surface area contributed by atoms with E-state index in [1.54, 1.807) is 12.2 Å². The fraction of sp³-hybridized carbons (Fsp3) is 0.143. The van der Waals surface area contributed by atoms with Gasteiger partial charge in [0.05, 0.1) is 0 Å². The second kappa shape index (κ2) is 3.01. The van der Waals surface area contributed by atoms with Crippen LogP contribution in [0.4, 0.5) is 0 Å². The zero-order valence-electron chi connectivity index (χ0n) is 6.32. The molecule has 0 amide bonds. The molecular weight excluding hydrogens is 142 g/mol. The van der Waals surface area contributed by atoms with Crippen LogP contribution in [0.15, 0.2) is 13.2 Å². The number of nitrogens with zero attached hydrogens (tertiary/aromatic N) is 3. The summed E-state index contributed by atoms with van der Waals surface area (Å²) in [6.07, 6.45) is 3.21. The van der Waals surface area contributed by atoms with Crippen molar-refractivity contribution < 1.29 is 4.84 Å². The monoisotopic (exact) mass is 151 g/mol. The van der Waals surface area contributed by atoms with Crippen LogP contribution in [-0.4, -0.2) is 22.3 Å². The van der Waals surface area contributed by atoms with Crippen LogP contribution in [0, 0.1) is 0 Å². The average molecular weight is 151 g/mol. The molecule has 0 N–H and O–H groups in total. The van der Waals surface area contributed by atoms with E-state index in [9.17, 15) is 0 Å². The van der Waals surface area contributed by atoms with Gasteiger partial charge in [0.25, 0.3) is 0 Å². The summed E-state index contributed by atoms with van der Waals surface area (Å²) in [4.78, 5) is 6.12. The molecule has 11 heavy (non-hydrogen) atoms. The normalized spacial score (nSPS) is 9.18. The first-order valence-electron chi connectivity index (χ1n) is 3.08. The molecular formula is C7H9N3O. The van der Waals surface area contributed by atoms with Crippen molar-refractivity contribution in [1.82, 2.24) is 15.2 Å². The van der Waals surface area contributed by atoms with Gasteiger partial charge in [0, 0.05) is 0 Å². The molecule has 0 unspecified atom stereocenters. The van der Waals surface area contributed by atoms with Crippen LogP contribution in [-0.2, 0) is 0 Å². The summed E-state index contributed by atoms with van der Waals surface area (Å²) >= 11 is 0. The zero-order chi connectivity index (χ0) is 8.27. The first kappa shape index (κ1) is 7.53. The molecule has 4 heteroatoms. The van der Waals surface area contributed by atoms with Crippen LogP contribution in [0.2, 0.25) is 0 Å². The number of aromatic nitrogens is 3. The molecule has 0 aliphatic carbocycles. The maximum Gasteiger partial charge on any atom is 0.130 e. The van der Waals surface area contributed by atoms with Gasteiger partial charge in [-0.3, -0.25) is 0 Å². The minimum Gasteiger partial charge on any atom is -0.398 e. The Balaban J connectivity index is 3.18. The maximum absolute atomic E-state index is 4.84. The van der Waals surface area contributed by atoms with E-state index in [4.69, 9.17) is 4.84 Å². The van der Waals surface area contributed by atoms with Gasteiger partial charge in [-0.2, -0.15) is 0 Å². The second-order valence-electron chi connectivity index (χ2n) is 1.82. The summed E-state index contributed by atoms with van der Waals surface area (Å²) in [7, 11) is 1.51. The lowest BCUT2D eigenvalue weighted by atomic mass is 10.3. The summed E-state index contributed by atoms with van der Waals surface area (Å²) < 4.78 is 0. The Morgan fingerprint density at radius 2 is 2.18 bits per heavy atom. The van der Waals surface area contributed by atoms with Crippen LogP contribution in [0.1, 0.15) is 11.4 Å². The molecule has 0 aliphatic rings. The second-order valence-corrected chi connectivity index (χ2v) is 1.82. The van der Waals surface area contributed by atoms with Crippen LogP contribution < -0.4 is 4.84 Å². The van der Waals surface area contributed by atoms with Gasteiger partial charge in [0.15, 0.2) is 0 Å². The van der Waals surface area contributed by atoms with E-state index in [1.165, 1.54) is 12.0 Å². The van der Waals surface area contributed by atoms with Crippen molar-refractivity contribution in [3.63, 3.8) is 0 Å². The highest BCUT2D eigenvalue weighted by Gasteiger charge is 2.05. The highest BCUT2D eigenvalue weighted by atomic mass is 16.7.